The molecule has 0 aliphatic rings. The molecule has 29 heavy (non-hydrogen) atoms. The Morgan fingerprint density at radius 3 is 2.72 bits per heavy atom. The number of hydrogen-bond donors (Lipinski definition) is 2. The zero-order valence-electron chi connectivity index (χ0n) is 16.2. The van der Waals surface area contributed by atoms with Crippen molar-refractivity contribution in [1.29, 1.82) is 0 Å². The highest BCUT2D eigenvalue weighted by Gasteiger charge is 2.06. The number of hydrogen-bond acceptors (Lipinski definition) is 5. The van der Waals surface area contributed by atoms with Crippen molar-refractivity contribution in [2.24, 2.45) is 0 Å². The number of ether oxygens (including phenoxy) is 3. The quantitative estimate of drug-likeness (QED) is 0.629. The highest BCUT2D eigenvalue weighted by Crippen LogP contribution is 2.29. The van der Waals surface area contributed by atoms with E-state index in [0.29, 0.717) is 22.9 Å². The number of rotatable bonds is 6. The minimum Gasteiger partial charge on any atom is -0.493 e. The predicted molar refractivity (Wildman–Crippen MR) is 112 cm³/mol. The van der Waals surface area contributed by atoms with Gasteiger partial charge in [-0.15, -0.1) is 0 Å². The molecule has 0 atom stereocenters. The monoisotopic (exact) mass is 391 g/mol. The number of amides is 2. The Labute approximate surface area is 169 Å². The van der Waals surface area contributed by atoms with Gasteiger partial charge in [-0.2, -0.15) is 0 Å². The molecule has 2 aromatic carbocycles. The van der Waals surface area contributed by atoms with Crippen molar-refractivity contribution in [1.82, 2.24) is 10.3 Å². The zero-order valence-corrected chi connectivity index (χ0v) is 16.2. The molecule has 2 amide bonds. The third-order valence-corrected chi connectivity index (χ3v) is 3.99. The summed E-state index contributed by atoms with van der Waals surface area (Å²) in [7, 11) is 3.09. The molecule has 3 rings (SSSR count). The summed E-state index contributed by atoms with van der Waals surface area (Å²) in [5, 5.41) is 6.42. The van der Waals surface area contributed by atoms with E-state index in [1.54, 1.807) is 31.5 Å². The number of nitrogens with zero attached hydrogens (tertiary/aromatic N) is 1. The van der Waals surface area contributed by atoms with E-state index in [1.165, 1.54) is 7.11 Å². The van der Waals surface area contributed by atoms with Crippen molar-refractivity contribution >= 4 is 22.6 Å². The van der Waals surface area contributed by atoms with Gasteiger partial charge in [0.25, 0.3) is 0 Å². The number of carbonyl (C=O) groups excluding carboxylic acids is 1. The van der Waals surface area contributed by atoms with Gasteiger partial charge in [-0.3, -0.25) is 4.98 Å². The first-order chi connectivity index (χ1) is 14.2. The second kappa shape index (κ2) is 9.85. The van der Waals surface area contributed by atoms with Crippen LogP contribution in [0.5, 0.6) is 17.2 Å². The lowest BCUT2D eigenvalue weighted by atomic mass is 10.2. The van der Waals surface area contributed by atoms with E-state index in [1.807, 2.05) is 30.3 Å². The van der Waals surface area contributed by atoms with Crippen LogP contribution in [0.25, 0.3) is 10.9 Å². The number of methoxy groups -OCH3 is 2. The number of aromatic nitrogens is 1. The van der Waals surface area contributed by atoms with Crippen LogP contribution in [-0.2, 0) is 0 Å². The predicted octanol–water partition coefficient (Wildman–Crippen LogP) is 3.46. The van der Waals surface area contributed by atoms with Gasteiger partial charge < -0.3 is 24.8 Å². The molecule has 0 aliphatic heterocycles. The van der Waals surface area contributed by atoms with Gasteiger partial charge in [-0.25, -0.2) is 4.79 Å². The van der Waals surface area contributed by atoms with Crippen LogP contribution in [-0.4, -0.2) is 38.4 Å². The number of benzene rings is 2. The van der Waals surface area contributed by atoms with Crippen LogP contribution in [0.15, 0.2) is 54.7 Å². The number of carbonyl (C=O) groups is 1. The fourth-order valence-electron chi connectivity index (χ4n) is 2.58. The summed E-state index contributed by atoms with van der Waals surface area (Å²) in [5.41, 5.74) is 1.45. The molecule has 7 heteroatoms. The third-order valence-electron chi connectivity index (χ3n) is 3.99. The fraction of sp³-hybridized carbons (Fsp3) is 0.182. The minimum absolute atomic E-state index is 0.196. The first-order valence-electron chi connectivity index (χ1n) is 8.90. The molecule has 1 heterocycles. The van der Waals surface area contributed by atoms with E-state index in [2.05, 4.69) is 27.5 Å². The number of urea groups is 1. The Bertz CT molecular complexity index is 1060. The van der Waals surface area contributed by atoms with Gasteiger partial charge in [0.15, 0.2) is 11.5 Å². The summed E-state index contributed by atoms with van der Waals surface area (Å²) in [6.45, 7) is 0.416. The maximum atomic E-state index is 11.9. The molecule has 3 aromatic rings. The summed E-state index contributed by atoms with van der Waals surface area (Å²) >= 11 is 0. The summed E-state index contributed by atoms with van der Waals surface area (Å²) < 4.78 is 16.0. The molecule has 0 saturated heterocycles. The largest absolute Gasteiger partial charge is 0.493 e. The highest BCUT2D eigenvalue weighted by atomic mass is 16.5. The van der Waals surface area contributed by atoms with Crippen LogP contribution < -0.4 is 24.8 Å². The van der Waals surface area contributed by atoms with Crippen molar-refractivity contribution in [3.63, 3.8) is 0 Å². The van der Waals surface area contributed by atoms with Crippen LogP contribution in [0, 0.1) is 11.8 Å². The molecule has 1 aromatic heterocycles. The molecule has 0 aliphatic carbocycles. The number of anilines is 1. The standard InChI is InChI=1S/C22H21N3O4/c1-27-20-10-8-17(14-21(20)28-2)25-22(26)24-11-3-4-13-29-18-9-7-16-6-5-12-23-19(16)15-18/h5-10,12,14-15H,11,13H2,1-2H3,(H2,24,25,26). The lowest BCUT2D eigenvalue weighted by Crippen LogP contribution is -2.28. The normalized spacial score (nSPS) is 9.86. The number of fused-ring (bicyclic) bond motifs is 1. The fourth-order valence-corrected chi connectivity index (χ4v) is 2.58. The molecular weight excluding hydrogens is 370 g/mol. The average Bonchev–Trinajstić information content (AvgIpc) is 2.75. The van der Waals surface area contributed by atoms with Gasteiger partial charge in [-0.05, 0) is 30.3 Å². The molecule has 0 saturated carbocycles. The third kappa shape index (κ3) is 5.53. The Hall–Kier alpha value is -3.92. The molecule has 0 fully saturated rings. The van der Waals surface area contributed by atoms with Gasteiger partial charge in [0.2, 0.25) is 0 Å². The number of nitrogens with one attached hydrogen (secondary N) is 2. The molecule has 0 unspecified atom stereocenters. The van der Waals surface area contributed by atoms with Crippen LogP contribution >= 0.6 is 0 Å². The van der Waals surface area contributed by atoms with Gasteiger partial charge in [0, 0.05) is 29.4 Å². The maximum absolute atomic E-state index is 11.9. The van der Waals surface area contributed by atoms with Crippen molar-refractivity contribution < 1.29 is 19.0 Å². The molecule has 2 N–H and O–H groups in total. The smallest absolute Gasteiger partial charge is 0.319 e. The van der Waals surface area contributed by atoms with E-state index in [0.717, 1.165) is 10.9 Å². The van der Waals surface area contributed by atoms with Crippen molar-refractivity contribution in [3.05, 3.63) is 54.7 Å². The SMILES string of the molecule is COc1ccc(NC(=O)NCC#CCOc2ccc3cccnc3c2)cc1OC. The van der Waals surface area contributed by atoms with Crippen LogP contribution in [0.3, 0.4) is 0 Å². The molecular formula is C22H21N3O4. The Kier molecular flexibility index (Phi) is 6.74. The molecule has 148 valence electrons. The van der Waals surface area contributed by atoms with Crippen molar-refractivity contribution in [2.45, 2.75) is 0 Å². The molecule has 0 spiro atoms. The minimum atomic E-state index is -0.368. The lowest BCUT2D eigenvalue weighted by Gasteiger charge is -2.10. The van der Waals surface area contributed by atoms with E-state index in [9.17, 15) is 4.79 Å². The molecule has 7 nitrogen and oxygen atoms in total. The van der Waals surface area contributed by atoms with Crippen molar-refractivity contribution in [3.8, 4) is 29.1 Å². The van der Waals surface area contributed by atoms with Gasteiger partial charge >= 0.3 is 6.03 Å². The Morgan fingerprint density at radius 1 is 1.03 bits per heavy atom. The molecule has 0 bridgehead atoms. The van der Waals surface area contributed by atoms with E-state index in [-0.39, 0.29) is 19.2 Å². The Balaban J connectivity index is 1.43. The lowest BCUT2D eigenvalue weighted by molar-refractivity contribution is 0.253. The van der Waals surface area contributed by atoms with Gasteiger partial charge in [0.1, 0.15) is 12.4 Å². The maximum Gasteiger partial charge on any atom is 0.319 e. The summed E-state index contributed by atoms with van der Waals surface area (Å²) in [4.78, 5) is 16.2. The van der Waals surface area contributed by atoms with E-state index < -0.39 is 0 Å². The second-order valence-electron chi connectivity index (χ2n) is 5.88. The van der Waals surface area contributed by atoms with Crippen LogP contribution in [0.1, 0.15) is 0 Å². The van der Waals surface area contributed by atoms with Crippen LogP contribution in [0.2, 0.25) is 0 Å². The first-order valence-corrected chi connectivity index (χ1v) is 8.90. The van der Waals surface area contributed by atoms with Gasteiger partial charge in [0.05, 0.1) is 26.3 Å². The van der Waals surface area contributed by atoms with Crippen molar-refractivity contribution in [2.75, 3.05) is 32.7 Å². The van der Waals surface area contributed by atoms with E-state index >= 15 is 0 Å². The topological polar surface area (TPSA) is 81.7 Å². The second-order valence-corrected chi connectivity index (χ2v) is 5.88. The first kappa shape index (κ1) is 19.8. The average molecular weight is 391 g/mol. The summed E-state index contributed by atoms with van der Waals surface area (Å²) in [6, 6.07) is 14.3. The highest BCUT2D eigenvalue weighted by molar-refractivity contribution is 5.89. The van der Waals surface area contributed by atoms with Crippen LogP contribution in [0.4, 0.5) is 10.5 Å². The number of pyridine rings is 1. The van der Waals surface area contributed by atoms with E-state index in [4.69, 9.17) is 14.2 Å². The molecule has 0 radical (unpaired) electrons. The van der Waals surface area contributed by atoms with Gasteiger partial charge in [-0.1, -0.05) is 17.9 Å². The summed E-state index contributed by atoms with van der Waals surface area (Å²) in [5.74, 6) is 7.53. The Morgan fingerprint density at radius 2 is 1.90 bits per heavy atom. The zero-order chi connectivity index (χ0) is 20.5. The summed E-state index contributed by atoms with van der Waals surface area (Å²) in [6.07, 6.45) is 1.74.